The number of morpholine rings is 1. The topological polar surface area (TPSA) is 109 Å². The van der Waals surface area contributed by atoms with E-state index in [1.54, 1.807) is 6.20 Å². The molecule has 1 aliphatic heterocycles. The molecular weight excluding hydrogens is 478 g/mol. The minimum atomic E-state index is -0.426. The van der Waals surface area contributed by atoms with Crippen molar-refractivity contribution in [1.29, 1.82) is 5.26 Å². The van der Waals surface area contributed by atoms with Crippen molar-refractivity contribution in [2.45, 2.75) is 33.2 Å². The summed E-state index contributed by atoms with van der Waals surface area (Å²) in [5, 5.41) is 15.7. The molecule has 9 nitrogen and oxygen atoms in total. The molecule has 0 spiro atoms. The number of carbonyl (C=O) groups excluding carboxylic acids is 1. The molecule has 1 saturated carbocycles. The molecule has 0 bridgehead atoms. The first-order chi connectivity index (χ1) is 17.5. The zero-order chi connectivity index (χ0) is 25.5. The molecule has 0 radical (unpaired) electrons. The number of rotatable bonds is 10. The van der Waals surface area contributed by atoms with Crippen LogP contribution in [0.3, 0.4) is 0 Å². The van der Waals surface area contributed by atoms with Crippen molar-refractivity contribution in [1.82, 2.24) is 14.8 Å². The van der Waals surface area contributed by atoms with Crippen molar-refractivity contribution >= 4 is 34.7 Å². The van der Waals surface area contributed by atoms with Gasteiger partial charge in [0.05, 0.1) is 13.2 Å². The second-order valence-electron chi connectivity index (χ2n) is 9.03. The number of amides is 1. The first-order valence-electron chi connectivity index (χ1n) is 12.4. The average Bonchev–Trinajstić information content (AvgIpc) is 3.67. The summed E-state index contributed by atoms with van der Waals surface area (Å²) in [6, 6.07) is 7.81. The van der Waals surface area contributed by atoms with E-state index >= 15 is 0 Å². The molecule has 1 saturated heterocycles. The fourth-order valence-corrected chi connectivity index (χ4v) is 5.03. The Balaban J connectivity index is 1.50. The van der Waals surface area contributed by atoms with Crippen LogP contribution in [0.15, 0.2) is 23.0 Å². The maximum atomic E-state index is 13.0. The minimum Gasteiger partial charge on any atom is -0.492 e. The number of aromatic nitrogens is 1. The van der Waals surface area contributed by atoms with Crippen LogP contribution < -0.4 is 30.1 Å². The predicted octanol–water partition coefficient (Wildman–Crippen LogP) is 1.000. The maximum absolute atomic E-state index is 13.0. The van der Waals surface area contributed by atoms with Crippen LogP contribution in [-0.2, 0) is 16.1 Å². The number of benzene rings is 1. The molecule has 1 aromatic carbocycles. The lowest BCUT2D eigenvalue weighted by molar-refractivity contribution is -0.115. The Morgan fingerprint density at radius 1 is 1.33 bits per heavy atom. The van der Waals surface area contributed by atoms with E-state index in [0.29, 0.717) is 34.8 Å². The van der Waals surface area contributed by atoms with Crippen molar-refractivity contribution in [2.24, 2.45) is 5.92 Å². The lowest BCUT2D eigenvalue weighted by atomic mass is 10.2. The highest BCUT2D eigenvalue weighted by Crippen LogP contribution is 2.27. The zero-order valence-electron chi connectivity index (χ0n) is 20.8. The smallest absolute Gasteiger partial charge is 0.270 e. The summed E-state index contributed by atoms with van der Waals surface area (Å²) in [6.07, 6.45) is 3.83. The molecule has 1 aromatic heterocycles. The Morgan fingerprint density at radius 3 is 2.81 bits per heavy atom. The van der Waals surface area contributed by atoms with Gasteiger partial charge in [-0.2, -0.15) is 5.26 Å². The molecule has 4 rings (SSSR count). The lowest BCUT2D eigenvalue weighted by Crippen LogP contribution is -2.38. The van der Waals surface area contributed by atoms with Gasteiger partial charge in [-0.3, -0.25) is 19.1 Å². The van der Waals surface area contributed by atoms with Crippen LogP contribution in [-0.4, -0.2) is 61.4 Å². The third-order valence-electron chi connectivity index (χ3n) is 6.35. The van der Waals surface area contributed by atoms with Crippen molar-refractivity contribution in [2.75, 3.05) is 51.3 Å². The molecule has 1 aliphatic carbocycles. The minimum absolute atomic E-state index is 0.0226. The van der Waals surface area contributed by atoms with Crippen LogP contribution in [0.25, 0.3) is 11.8 Å². The molecule has 192 valence electrons. The van der Waals surface area contributed by atoms with Gasteiger partial charge in [-0.25, -0.2) is 0 Å². The van der Waals surface area contributed by atoms with Crippen molar-refractivity contribution in [3.63, 3.8) is 0 Å². The van der Waals surface area contributed by atoms with E-state index in [0.717, 1.165) is 74.0 Å². The van der Waals surface area contributed by atoms with Gasteiger partial charge in [0.1, 0.15) is 27.6 Å². The molecule has 0 unspecified atom stereocenters. The number of hydrogen-bond acceptors (Lipinski definition) is 8. The van der Waals surface area contributed by atoms with Gasteiger partial charge in [0, 0.05) is 50.7 Å². The van der Waals surface area contributed by atoms with Gasteiger partial charge in [-0.15, -0.1) is 11.3 Å². The van der Waals surface area contributed by atoms with Gasteiger partial charge in [-0.1, -0.05) is 6.07 Å². The number of nitrogens with one attached hydrogen (secondary N) is 2. The highest BCUT2D eigenvalue weighted by Gasteiger charge is 2.23. The number of aryl methyl sites for hydroxylation is 1. The van der Waals surface area contributed by atoms with E-state index in [1.165, 1.54) is 4.57 Å². The summed E-state index contributed by atoms with van der Waals surface area (Å²) < 4.78 is 13.7. The molecule has 2 aliphatic rings. The predicted molar refractivity (Wildman–Crippen MR) is 140 cm³/mol. The van der Waals surface area contributed by atoms with Crippen molar-refractivity contribution in [3.05, 3.63) is 43.3 Å². The Bertz CT molecular complexity index is 1300. The Morgan fingerprint density at radius 2 is 2.11 bits per heavy atom. The zero-order valence-corrected chi connectivity index (χ0v) is 21.7. The second kappa shape index (κ2) is 12.2. The van der Waals surface area contributed by atoms with Gasteiger partial charge >= 0.3 is 0 Å². The summed E-state index contributed by atoms with van der Waals surface area (Å²) in [4.78, 5) is 27.9. The van der Waals surface area contributed by atoms with E-state index in [-0.39, 0.29) is 11.1 Å². The number of ether oxygens (including phenoxy) is 2. The van der Waals surface area contributed by atoms with Crippen LogP contribution in [0.4, 0.5) is 5.69 Å². The van der Waals surface area contributed by atoms with Crippen LogP contribution in [0.2, 0.25) is 0 Å². The van der Waals surface area contributed by atoms with Crippen LogP contribution in [0.5, 0.6) is 5.75 Å². The molecule has 2 fully saturated rings. The van der Waals surface area contributed by atoms with Gasteiger partial charge in [0.2, 0.25) is 0 Å². The SMILES string of the molecule is CCn1c(=O)/c(=C\Nc2ccc(C)c(OCCN3CCOCC3)c2)s/c1=C(/C#N)C(=O)NCC1CC1. The Kier molecular flexibility index (Phi) is 8.80. The lowest BCUT2D eigenvalue weighted by Gasteiger charge is -2.26. The van der Waals surface area contributed by atoms with E-state index in [4.69, 9.17) is 9.47 Å². The highest BCUT2D eigenvalue weighted by molar-refractivity contribution is 7.07. The molecular formula is C26H33N5O4S. The summed E-state index contributed by atoms with van der Waals surface area (Å²) >= 11 is 1.14. The van der Waals surface area contributed by atoms with Gasteiger partial charge in [-0.05, 0) is 44.2 Å². The largest absolute Gasteiger partial charge is 0.492 e. The summed E-state index contributed by atoms with van der Waals surface area (Å²) in [7, 11) is 0. The molecule has 2 heterocycles. The van der Waals surface area contributed by atoms with Gasteiger partial charge in [0.15, 0.2) is 5.57 Å². The molecule has 2 aromatic rings. The first kappa shape index (κ1) is 25.9. The average molecular weight is 512 g/mol. The van der Waals surface area contributed by atoms with Gasteiger partial charge < -0.3 is 20.1 Å². The van der Waals surface area contributed by atoms with Crippen molar-refractivity contribution < 1.29 is 14.3 Å². The summed E-state index contributed by atoms with van der Waals surface area (Å²) in [6.45, 7) is 9.54. The van der Waals surface area contributed by atoms with Gasteiger partial charge in [0.25, 0.3) is 11.5 Å². The number of nitriles is 1. The standard InChI is InChI=1S/C26H33N5O4S/c1-3-31-25(33)23(36-26(31)21(15-27)24(32)29-16-19-5-6-19)17-28-20-7-4-18(2)22(14-20)35-13-10-30-8-11-34-12-9-30/h4,7,14,17,19,28H,3,5-6,8-13,16H2,1-2H3,(H,29,32)/b23-17+,26-21-. The van der Waals surface area contributed by atoms with E-state index in [2.05, 4.69) is 15.5 Å². The third kappa shape index (κ3) is 6.55. The van der Waals surface area contributed by atoms with Crippen LogP contribution >= 0.6 is 11.3 Å². The fourth-order valence-electron chi connectivity index (χ4n) is 3.94. The molecule has 36 heavy (non-hydrogen) atoms. The van der Waals surface area contributed by atoms with Crippen LogP contribution in [0.1, 0.15) is 25.3 Å². The number of thiazole rings is 1. The number of carbonyl (C=O) groups is 1. The Labute approximate surface area is 214 Å². The number of hydrogen-bond donors (Lipinski definition) is 2. The highest BCUT2D eigenvalue weighted by atomic mass is 32.1. The summed E-state index contributed by atoms with van der Waals surface area (Å²) in [5.74, 6) is 0.859. The van der Waals surface area contributed by atoms with E-state index in [1.807, 2.05) is 38.1 Å². The monoisotopic (exact) mass is 511 g/mol. The second-order valence-corrected chi connectivity index (χ2v) is 10.1. The quantitative estimate of drug-likeness (QED) is 0.490. The maximum Gasteiger partial charge on any atom is 0.270 e. The molecule has 2 N–H and O–H groups in total. The number of anilines is 1. The van der Waals surface area contributed by atoms with E-state index < -0.39 is 5.91 Å². The molecule has 1 amide bonds. The Hall–Kier alpha value is -3.13. The van der Waals surface area contributed by atoms with Crippen molar-refractivity contribution in [3.8, 4) is 11.8 Å². The third-order valence-corrected chi connectivity index (χ3v) is 7.48. The van der Waals surface area contributed by atoms with E-state index in [9.17, 15) is 14.9 Å². The molecule has 0 atom stereocenters. The first-order valence-corrected chi connectivity index (χ1v) is 13.2. The summed E-state index contributed by atoms with van der Waals surface area (Å²) in [5.41, 5.74) is 1.55. The number of nitrogens with zero attached hydrogens (tertiary/aromatic N) is 3. The normalized spacial score (nSPS) is 17.4. The molecule has 10 heteroatoms. The van der Waals surface area contributed by atoms with Crippen LogP contribution in [0, 0.1) is 24.2 Å². The fraction of sp³-hybridized carbons (Fsp3) is 0.500.